The van der Waals surface area contributed by atoms with Gasteiger partial charge in [0.25, 0.3) is 0 Å². The Hall–Kier alpha value is -1.14. The molecule has 0 aliphatic heterocycles. The van der Waals surface area contributed by atoms with Crippen molar-refractivity contribution in [3.05, 3.63) is 33.1 Å². The lowest BCUT2D eigenvalue weighted by Gasteiger charge is -2.06. The summed E-state index contributed by atoms with van der Waals surface area (Å²) in [5, 5.41) is 5.25. The molecule has 6 heteroatoms. The third kappa shape index (κ3) is 3.41. The fraction of sp³-hybridized carbons (Fsp3) is 0.273. The number of hydrogen-bond acceptors (Lipinski definition) is 5. The van der Waals surface area contributed by atoms with Gasteiger partial charge in [0.15, 0.2) is 0 Å². The Kier molecular flexibility index (Phi) is 4.33. The second kappa shape index (κ2) is 5.97. The minimum absolute atomic E-state index is 0.540. The first-order chi connectivity index (χ1) is 8.29. The minimum atomic E-state index is 0.540. The van der Waals surface area contributed by atoms with Crippen molar-refractivity contribution < 1.29 is 4.74 Å². The Balaban J connectivity index is 1.90. The van der Waals surface area contributed by atoms with E-state index in [9.17, 15) is 0 Å². The summed E-state index contributed by atoms with van der Waals surface area (Å²) in [6.45, 7) is 0.811. The van der Waals surface area contributed by atoms with Crippen molar-refractivity contribution >= 4 is 33.2 Å². The van der Waals surface area contributed by atoms with E-state index in [1.165, 1.54) is 4.88 Å². The van der Waals surface area contributed by atoms with E-state index in [4.69, 9.17) is 4.74 Å². The molecule has 0 aromatic carbocycles. The van der Waals surface area contributed by atoms with Gasteiger partial charge in [-0.25, -0.2) is 4.98 Å². The molecule has 0 saturated carbocycles. The van der Waals surface area contributed by atoms with Crippen LogP contribution in [0, 0.1) is 0 Å². The molecule has 0 atom stereocenters. The number of nitrogens with one attached hydrogen (secondary N) is 1. The highest BCUT2D eigenvalue weighted by Gasteiger charge is 2.04. The minimum Gasteiger partial charge on any atom is -0.480 e. The molecule has 0 bridgehead atoms. The van der Waals surface area contributed by atoms with Gasteiger partial charge in [-0.3, -0.25) is 0 Å². The Morgan fingerprint density at radius 2 is 2.41 bits per heavy atom. The molecule has 2 rings (SSSR count). The molecule has 0 aliphatic carbocycles. The van der Waals surface area contributed by atoms with Crippen molar-refractivity contribution in [3.8, 4) is 5.88 Å². The molecule has 17 heavy (non-hydrogen) atoms. The number of hydrogen-bond donors (Lipinski definition) is 1. The van der Waals surface area contributed by atoms with Crippen molar-refractivity contribution in [3.63, 3.8) is 0 Å². The van der Waals surface area contributed by atoms with Crippen LogP contribution in [0.1, 0.15) is 4.88 Å². The molecule has 4 nitrogen and oxygen atoms in total. The molecule has 0 spiro atoms. The van der Waals surface area contributed by atoms with E-state index in [0.717, 1.165) is 17.4 Å². The number of ether oxygens (including phenoxy) is 1. The number of methoxy groups -OCH3 is 1. The van der Waals surface area contributed by atoms with E-state index in [-0.39, 0.29) is 0 Å². The molecule has 2 heterocycles. The van der Waals surface area contributed by atoms with Crippen molar-refractivity contribution in [1.29, 1.82) is 0 Å². The van der Waals surface area contributed by atoms with Gasteiger partial charge >= 0.3 is 0 Å². The van der Waals surface area contributed by atoms with Gasteiger partial charge in [-0.05, 0) is 33.8 Å². The van der Waals surface area contributed by atoms with Gasteiger partial charge in [0, 0.05) is 11.4 Å². The number of halogens is 1. The van der Waals surface area contributed by atoms with Crippen LogP contribution in [0.5, 0.6) is 5.88 Å². The summed E-state index contributed by atoms with van der Waals surface area (Å²) in [6, 6.07) is 4.18. The molecule has 90 valence electrons. The van der Waals surface area contributed by atoms with Gasteiger partial charge in [-0.1, -0.05) is 6.07 Å². The summed E-state index contributed by atoms with van der Waals surface area (Å²) in [6.07, 6.45) is 2.65. The smallest absolute Gasteiger partial charge is 0.232 e. The second-order valence-electron chi connectivity index (χ2n) is 3.31. The van der Waals surface area contributed by atoms with Crippen molar-refractivity contribution in [2.45, 2.75) is 6.42 Å². The van der Waals surface area contributed by atoms with Crippen LogP contribution >= 0.6 is 27.3 Å². The average molecular weight is 314 g/mol. The van der Waals surface area contributed by atoms with E-state index in [1.807, 2.05) is 0 Å². The number of rotatable bonds is 5. The van der Waals surface area contributed by atoms with Gasteiger partial charge < -0.3 is 10.1 Å². The Bertz CT molecular complexity index is 476. The topological polar surface area (TPSA) is 47.0 Å². The van der Waals surface area contributed by atoms with Crippen molar-refractivity contribution in [1.82, 2.24) is 9.97 Å². The Morgan fingerprint density at radius 3 is 3.12 bits per heavy atom. The van der Waals surface area contributed by atoms with Crippen LogP contribution in [0.3, 0.4) is 0 Å². The summed E-state index contributed by atoms with van der Waals surface area (Å²) < 4.78 is 5.86. The number of thiophene rings is 1. The SMILES string of the molecule is COc1nc(NCCc2cccs2)ncc1Br. The largest absolute Gasteiger partial charge is 0.480 e. The van der Waals surface area contributed by atoms with Gasteiger partial charge in [0.1, 0.15) is 0 Å². The van der Waals surface area contributed by atoms with E-state index in [2.05, 4.69) is 48.7 Å². The lowest BCUT2D eigenvalue weighted by molar-refractivity contribution is 0.394. The standard InChI is InChI=1S/C11H12BrN3OS/c1-16-10-9(12)7-14-11(15-10)13-5-4-8-3-2-6-17-8/h2-3,6-7H,4-5H2,1H3,(H,13,14,15). The molecule has 0 saturated heterocycles. The molecule has 2 aromatic heterocycles. The maximum Gasteiger partial charge on any atom is 0.232 e. The molecule has 0 unspecified atom stereocenters. The highest BCUT2D eigenvalue weighted by molar-refractivity contribution is 9.10. The summed E-state index contributed by atoms with van der Waals surface area (Å²) in [7, 11) is 1.59. The number of nitrogens with zero attached hydrogens (tertiary/aromatic N) is 2. The molecule has 0 radical (unpaired) electrons. The van der Waals surface area contributed by atoms with Crippen LogP contribution in [-0.2, 0) is 6.42 Å². The molecule has 0 aliphatic rings. The molecular formula is C11H12BrN3OS. The third-order valence-electron chi connectivity index (χ3n) is 2.14. The number of aromatic nitrogens is 2. The van der Waals surface area contributed by atoms with Crippen LogP contribution in [0.4, 0.5) is 5.95 Å². The first-order valence-electron chi connectivity index (χ1n) is 5.12. The highest BCUT2D eigenvalue weighted by atomic mass is 79.9. The average Bonchev–Trinajstić information content (AvgIpc) is 2.84. The maximum atomic E-state index is 5.10. The second-order valence-corrected chi connectivity index (χ2v) is 5.19. The summed E-state index contributed by atoms with van der Waals surface area (Å²) >= 11 is 5.07. The summed E-state index contributed by atoms with van der Waals surface area (Å²) in [5.74, 6) is 1.13. The maximum absolute atomic E-state index is 5.10. The molecule has 0 amide bonds. The van der Waals surface area contributed by atoms with E-state index < -0.39 is 0 Å². The van der Waals surface area contributed by atoms with Crippen LogP contribution < -0.4 is 10.1 Å². The fourth-order valence-electron chi connectivity index (χ4n) is 1.33. The highest BCUT2D eigenvalue weighted by Crippen LogP contribution is 2.21. The zero-order valence-corrected chi connectivity index (χ0v) is 11.7. The van der Waals surface area contributed by atoms with Crippen LogP contribution in [0.2, 0.25) is 0 Å². The predicted octanol–water partition coefficient (Wildman–Crippen LogP) is 2.96. The number of anilines is 1. The van der Waals surface area contributed by atoms with Gasteiger partial charge in [-0.15, -0.1) is 11.3 Å². The Morgan fingerprint density at radius 1 is 1.53 bits per heavy atom. The van der Waals surface area contributed by atoms with E-state index in [1.54, 1.807) is 24.6 Å². The van der Waals surface area contributed by atoms with Crippen LogP contribution in [0.15, 0.2) is 28.2 Å². The zero-order valence-electron chi connectivity index (χ0n) is 9.31. The van der Waals surface area contributed by atoms with Crippen molar-refractivity contribution in [2.75, 3.05) is 19.0 Å². The monoisotopic (exact) mass is 313 g/mol. The first kappa shape index (κ1) is 12.3. The normalized spacial score (nSPS) is 10.2. The third-order valence-corrected chi connectivity index (χ3v) is 3.62. The lowest BCUT2D eigenvalue weighted by atomic mass is 10.3. The van der Waals surface area contributed by atoms with Crippen LogP contribution in [0.25, 0.3) is 0 Å². The Labute approximate surface area is 112 Å². The van der Waals surface area contributed by atoms with Gasteiger partial charge in [0.05, 0.1) is 17.8 Å². The summed E-state index contributed by atoms with van der Waals surface area (Å²) in [5.41, 5.74) is 0. The van der Waals surface area contributed by atoms with E-state index >= 15 is 0 Å². The van der Waals surface area contributed by atoms with Gasteiger partial charge in [-0.2, -0.15) is 4.98 Å². The van der Waals surface area contributed by atoms with E-state index in [0.29, 0.717) is 11.8 Å². The fourth-order valence-corrected chi connectivity index (χ4v) is 2.39. The molecule has 2 aromatic rings. The zero-order chi connectivity index (χ0) is 12.1. The first-order valence-corrected chi connectivity index (χ1v) is 6.79. The van der Waals surface area contributed by atoms with Gasteiger partial charge in [0.2, 0.25) is 11.8 Å². The predicted molar refractivity (Wildman–Crippen MR) is 72.8 cm³/mol. The quantitative estimate of drug-likeness (QED) is 0.922. The van der Waals surface area contributed by atoms with Crippen LogP contribution in [-0.4, -0.2) is 23.6 Å². The molecular weight excluding hydrogens is 302 g/mol. The lowest BCUT2D eigenvalue weighted by Crippen LogP contribution is -2.07. The molecule has 1 N–H and O–H groups in total. The van der Waals surface area contributed by atoms with Crippen molar-refractivity contribution in [2.24, 2.45) is 0 Å². The molecule has 0 fully saturated rings. The summed E-state index contributed by atoms with van der Waals surface area (Å²) in [4.78, 5) is 9.73.